The average molecular weight is 310 g/mol. The van der Waals surface area contributed by atoms with Crippen molar-refractivity contribution in [3.63, 3.8) is 0 Å². The van der Waals surface area contributed by atoms with E-state index in [0.717, 1.165) is 15.9 Å². The normalized spacial score (nSPS) is 11.9. The number of hydrogen-bond acceptors (Lipinski definition) is 4. The van der Waals surface area contributed by atoms with Crippen molar-refractivity contribution >= 4 is 32.7 Å². The Morgan fingerprint density at radius 1 is 1.30 bits per heavy atom. The van der Waals surface area contributed by atoms with Crippen LogP contribution < -0.4 is 4.72 Å². The van der Waals surface area contributed by atoms with Crippen molar-refractivity contribution in [1.29, 1.82) is 0 Å². The van der Waals surface area contributed by atoms with Crippen LogP contribution in [0.15, 0.2) is 35.4 Å². The van der Waals surface area contributed by atoms with E-state index in [2.05, 4.69) is 22.7 Å². The summed E-state index contributed by atoms with van der Waals surface area (Å²) in [5, 5.41) is 2.08. The molecule has 0 aliphatic heterocycles. The molecule has 0 radical (unpaired) electrons. The molecule has 2 rings (SSSR count). The van der Waals surface area contributed by atoms with Gasteiger partial charge in [-0.2, -0.15) is 0 Å². The first-order valence-electron chi connectivity index (χ1n) is 6.48. The van der Waals surface area contributed by atoms with E-state index < -0.39 is 10.0 Å². The van der Waals surface area contributed by atoms with E-state index in [0.29, 0.717) is 12.3 Å². The van der Waals surface area contributed by atoms with Crippen molar-refractivity contribution in [2.24, 2.45) is 0 Å². The number of thioether (sulfide) groups is 1. The third-order valence-electron chi connectivity index (χ3n) is 2.95. The summed E-state index contributed by atoms with van der Waals surface area (Å²) in [6, 6.07) is 10.1. The predicted octanol–water partition coefficient (Wildman–Crippen LogP) is 2.57. The smallest absolute Gasteiger partial charge is 0.211 e. The quantitative estimate of drug-likeness (QED) is 0.658. The van der Waals surface area contributed by atoms with E-state index in [-0.39, 0.29) is 5.75 Å². The molecule has 0 unspecified atom stereocenters. The van der Waals surface area contributed by atoms with Gasteiger partial charge < -0.3 is 0 Å². The second-order valence-corrected chi connectivity index (χ2v) is 7.65. The van der Waals surface area contributed by atoms with Crippen LogP contribution in [0.1, 0.15) is 12.5 Å². The molecule has 6 heteroatoms. The number of benzene rings is 1. The largest absolute Gasteiger partial charge is 0.241 e. The van der Waals surface area contributed by atoms with Crippen molar-refractivity contribution in [3.05, 3.63) is 35.9 Å². The molecule has 1 aromatic heterocycles. The molecule has 0 saturated carbocycles. The van der Waals surface area contributed by atoms with Gasteiger partial charge in [-0.25, -0.2) is 18.1 Å². The Morgan fingerprint density at radius 2 is 2.05 bits per heavy atom. The monoisotopic (exact) mass is 310 g/mol. The van der Waals surface area contributed by atoms with E-state index >= 15 is 0 Å². The third kappa shape index (κ3) is 3.94. The summed E-state index contributed by atoms with van der Waals surface area (Å²) in [6.45, 7) is 4.12. The Hall–Kier alpha value is -1.11. The van der Waals surface area contributed by atoms with Crippen molar-refractivity contribution in [3.8, 4) is 0 Å². The number of nitrogens with one attached hydrogen (secondary N) is 1. The van der Waals surface area contributed by atoms with Crippen LogP contribution in [-0.2, 0) is 10.0 Å². The Labute approximate surface area is 124 Å². The second kappa shape index (κ2) is 6.56. The zero-order valence-electron chi connectivity index (χ0n) is 11.6. The molecule has 0 saturated heterocycles. The molecule has 1 N–H and O–H groups in total. The zero-order valence-corrected chi connectivity index (χ0v) is 13.2. The van der Waals surface area contributed by atoms with Crippen LogP contribution in [0.5, 0.6) is 0 Å². The lowest BCUT2D eigenvalue weighted by Crippen LogP contribution is -2.27. The highest BCUT2D eigenvalue weighted by atomic mass is 32.2. The fourth-order valence-electron chi connectivity index (χ4n) is 1.85. The van der Waals surface area contributed by atoms with Crippen LogP contribution in [0.2, 0.25) is 0 Å². The number of pyridine rings is 1. The van der Waals surface area contributed by atoms with Gasteiger partial charge in [-0.1, -0.05) is 18.2 Å². The topological polar surface area (TPSA) is 59.1 Å². The van der Waals surface area contributed by atoms with Gasteiger partial charge in [-0.05, 0) is 31.5 Å². The minimum absolute atomic E-state index is 0.116. The van der Waals surface area contributed by atoms with Crippen molar-refractivity contribution < 1.29 is 8.42 Å². The standard InChI is InChI=1S/C14H18N2O2S2/c1-3-20(17,18)15-8-9-19-14-10-11(2)12-6-4-5-7-13(12)16-14/h4-7,10,15H,3,8-9H2,1-2H3. The Kier molecular flexibility index (Phi) is 5.01. The molecule has 20 heavy (non-hydrogen) atoms. The summed E-state index contributed by atoms with van der Waals surface area (Å²) in [5.74, 6) is 0.787. The van der Waals surface area contributed by atoms with Crippen LogP contribution in [0.3, 0.4) is 0 Å². The first-order valence-corrected chi connectivity index (χ1v) is 9.12. The van der Waals surface area contributed by atoms with Gasteiger partial charge in [0.2, 0.25) is 10.0 Å². The number of aryl methyl sites for hydroxylation is 1. The Morgan fingerprint density at radius 3 is 2.80 bits per heavy atom. The summed E-state index contributed by atoms with van der Waals surface area (Å²) in [6.07, 6.45) is 0. The second-order valence-electron chi connectivity index (χ2n) is 4.44. The van der Waals surface area contributed by atoms with Crippen LogP contribution in [0.25, 0.3) is 10.9 Å². The number of hydrogen-bond donors (Lipinski definition) is 1. The van der Waals surface area contributed by atoms with Crippen LogP contribution in [0.4, 0.5) is 0 Å². The van der Waals surface area contributed by atoms with E-state index in [4.69, 9.17) is 0 Å². The van der Waals surface area contributed by atoms with Gasteiger partial charge in [0.1, 0.15) is 0 Å². The highest BCUT2D eigenvalue weighted by molar-refractivity contribution is 7.99. The lowest BCUT2D eigenvalue weighted by molar-refractivity contribution is 0.585. The molecular weight excluding hydrogens is 292 g/mol. The first-order chi connectivity index (χ1) is 9.52. The van der Waals surface area contributed by atoms with Gasteiger partial charge in [-0.3, -0.25) is 0 Å². The third-order valence-corrected chi connectivity index (χ3v) is 5.27. The fraction of sp³-hybridized carbons (Fsp3) is 0.357. The fourth-order valence-corrected chi connectivity index (χ4v) is 3.43. The number of fused-ring (bicyclic) bond motifs is 1. The van der Waals surface area contributed by atoms with E-state index in [1.165, 1.54) is 5.56 Å². The van der Waals surface area contributed by atoms with Gasteiger partial charge >= 0.3 is 0 Å². The van der Waals surface area contributed by atoms with Crippen LogP contribution >= 0.6 is 11.8 Å². The number of rotatable bonds is 6. The summed E-state index contributed by atoms with van der Waals surface area (Å²) < 4.78 is 25.2. The van der Waals surface area contributed by atoms with E-state index in [1.54, 1.807) is 18.7 Å². The molecule has 0 fully saturated rings. The van der Waals surface area contributed by atoms with Crippen LogP contribution in [-0.4, -0.2) is 31.5 Å². The molecule has 1 heterocycles. The molecule has 0 amide bonds. The van der Waals surface area contributed by atoms with Crippen molar-refractivity contribution in [2.75, 3.05) is 18.1 Å². The predicted molar refractivity (Wildman–Crippen MR) is 84.7 cm³/mol. The summed E-state index contributed by atoms with van der Waals surface area (Å²) in [7, 11) is -3.10. The summed E-state index contributed by atoms with van der Waals surface area (Å²) in [5.41, 5.74) is 2.16. The van der Waals surface area contributed by atoms with E-state index in [1.807, 2.05) is 24.3 Å². The van der Waals surface area contributed by atoms with Gasteiger partial charge in [0.05, 0.1) is 16.3 Å². The molecule has 0 atom stereocenters. The minimum Gasteiger partial charge on any atom is -0.241 e. The molecule has 1 aromatic carbocycles. The molecule has 0 aliphatic carbocycles. The maximum Gasteiger partial charge on any atom is 0.211 e. The highest BCUT2D eigenvalue weighted by Crippen LogP contribution is 2.23. The highest BCUT2D eigenvalue weighted by Gasteiger charge is 2.06. The zero-order chi connectivity index (χ0) is 14.6. The SMILES string of the molecule is CCS(=O)(=O)NCCSc1cc(C)c2ccccc2n1. The van der Waals surface area contributed by atoms with Gasteiger partial charge in [0.25, 0.3) is 0 Å². The molecule has 2 aromatic rings. The molecule has 0 spiro atoms. The summed E-state index contributed by atoms with van der Waals surface area (Å²) >= 11 is 1.56. The Balaban J connectivity index is 2.00. The average Bonchev–Trinajstić information content (AvgIpc) is 2.44. The lowest BCUT2D eigenvalue weighted by atomic mass is 10.1. The van der Waals surface area contributed by atoms with Gasteiger partial charge in [0, 0.05) is 17.7 Å². The molecule has 4 nitrogen and oxygen atoms in total. The van der Waals surface area contributed by atoms with E-state index in [9.17, 15) is 8.42 Å². The number of aromatic nitrogens is 1. The maximum atomic E-state index is 11.3. The van der Waals surface area contributed by atoms with Crippen molar-refractivity contribution in [1.82, 2.24) is 9.71 Å². The number of nitrogens with zero attached hydrogens (tertiary/aromatic N) is 1. The molecule has 108 valence electrons. The van der Waals surface area contributed by atoms with Crippen molar-refractivity contribution in [2.45, 2.75) is 18.9 Å². The first kappa shape index (κ1) is 15.3. The van der Waals surface area contributed by atoms with Gasteiger partial charge in [-0.15, -0.1) is 11.8 Å². The Bertz CT molecular complexity index is 699. The number of sulfonamides is 1. The molecular formula is C14H18N2O2S2. The minimum atomic E-state index is -3.10. The maximum absolute atomic E-state index is 11.3. The number of para-hydroxylation sites is 1. The molecule has 0 bridgehead atoms. The lowest BCUT2D eigenvalue weighted by Gasteiger charge is -2.07. The summed E-state index contributed by atoms with van der Waals surface area (Å²) in [4.78, 5) is 4.58. The van der Waals surface area contributed by atoms with Gasteiger partial charge in [0.15, 0.2) is 0 Å². The molecule has 0 aliphatic rings. The van der Waals surface area contributed by atoms with Crippen LogP contribution in [0, 0.1) is 6.92 Å².